The molecule has 1 atom stereocenters. The Hall–Kier alpha value is -3.32. The third-order valence-electron chi connectivity index (χ3n) is 5.49. The molecule has 0 fully saturated rings. The fraction of sp³-hybridized carbons (Fsp3) is 0.174. The lowest BCUT2D eigenvalue weighted by Gasteiger charge is -2.36. The first-order valence-electron chi connectivity index (χ1n) is 9.78. The number of carbonyl (C=O) groups is 1. The zero-order valence-corrected chi connectivity index (χ0v) is 17.0. The molecule has 30 heavy (non-hydrogen) atoms. The van der Waals surface area contributed by atoms with Crippen molar-refractivity contribution < 1.29 is 17.9 Å². The second-order valence-corrected chi connectivity index (χ2v) is 9.15. The number of carbonyl (C=O) groups excluding carboxylic acids is 1. The summed E-state index contributed by atoms with van der Waals surface area (Å²) in [6.07, 6.45) is -0.151. The van der Waals surface area contributed by atoms with Gasteiger partial charge < -0.3 is 9.64 Å². The van der Waals surface area contributed by atoms with Crippen molar-refractivity contribution in [3.63, 3.8) is 0 Å². The average molecular weight is 420 g/mol. The topological polar surface area (TPSA) is 66.9 Å². The van der Waals surface area contributed by atoms with Crippen LogP contribution in [0.3, 0.4) is 0 Å². The van der Waals surface area contributed by atoms with E-state index in [0.717, 1.165) is 17.7 Å². The Morgan fingerprint density at radius 3 is 2.33 bits per heavy atom. The molecule has 152 valence electrons. The van der Waals surface area contributed by atoms with Gasteiger partial charge in [-0.05, 0) is 42.3 Å². The van der Waals surface area contributed by atoms with E-state index in [4.69, 9.17) is 4.74 Å². The molecule has 6 nitrogen and oxygen atoms in total. The number of para-hydroxylation sites is 3. The minimum Gasteiger partial charge on any atom is -0.476 e. The summed E-state index contributed by atoms with van der Waals surface area (Å²) in [4.78, 5) is 15.2. The summed E-state index contributed by atoms with van der Waals surface area (Å²) in [6.45, 7) is 0.483. The Morgan fingerprint density at radius 2 is 1.53 bits per heavy atom. The summed E-state index contributed by atoms with van der Waals surface area (Å²) in [5, 5.41) is 0. The van der Waals surface area contributed by atoms with E-state index < -0.39 is 16.1 Å². The number of fused-ring (bicyclic) bond motifs is 2. The van der Waals surface area contributed by atoms with Crippen LogP contribution in [-0.4, -0.2) is 33.5 Å². The number of anilines is 2. The smallest absolute Gasteiger partial charge is 0.269 e. The molecule has 0 saturated carbocycles. The maximum Gasteiger partial charge on any atom is 0.269 e. The van der Waals surface area contributed by atoms with Crippen LogP contribution >= 0.6 is 0 Å². The number of amides is 1. The molecule has 2 heterocycles. The highest BCUT2D eigenvalue weighted by Crippen LogP contribution is 2.38. The third-order valence-corrected chi connectivity index (χ3v) is 7.29. The molecule has 1 amide bonds. The Morgan fingerprint density at radius 1 is 0.867 bits per heavy atom. The van der Waals surface area contributed by atoms with Crippen LogP contribution in [0.15, 0.2) is 83.8 Å². The fourth-order valence-corrected chi connectivity index (χ4v) is 5.52. The minimum atomic E-state index is -3.84. The number of hydrogen-bond donors (Lipinski definition) is 0. The number of nitrogens with zero attached hydrogens (tertiary/aromatic N) is 2. The minimum absolute atomic E-state index is 0.0776. The normalized spacial score (nSPS) is 17.8. The van der Waals surface area contributed by atoms with Gasteiger partial charge in [-0.1, -0.05) is 48.5 Å². The van der Waals surface area contributed by atoms with Gasteiger partial charge >= 0.3 is 0 Å². The van der Waals surface area contributed by atoms with Crippen molar-refractivity contribution in [3.05, 3.63) is 84.4 Å². The number of rotatable bonds is 3. The van der Waals surface area contributed by atoms with Crippen molar-refractivity contribution in [2.45, 2.75) is 17.4 Å². The van der Waals surface area contributed by atoms with Crippen LogP contribution in [0.2, 0.25) is 0 Å². The van der Waals surface area contributed by atoms with Gasteiger partial charge in [0, 0.05) is 12.2 Å². The van der Waals surface area contributed by atoms with E-state index in [0.29, 0.717) is 18.0 Å². The Labute approximate surface area is 175 Å². The fourth-order valence-electron chi connectivity index (χ4n) is 4.02. The summed E-state index contributed by atoms with van der Waals surface area (Å²) < 4.78 is 34.0. The van der Waals surface area contributed by atoms with Gasteiger partial charge in [0.2, 0.25) is 0 Å². The highest BCUT2D eigenvalue weighted by atomic mass is 32.2. The monoisotopic (exact) mass is 420 g/mol. The molecule has 3 aromatic carbocycles. The maximum absolute atomic E-state index is 13.4. The molecular formula is C23H20N2O4S. The Balaban J connectivity index is 1.52. The van der Waals surface area contributed by atoms with E-state index >= 15 is 0 Å². The van der Waals surface area contributed by atoms with Crippen LogP contribution in [0.1, 0.15) is 5.56 Å². The van der Waals surface area contributed by atoms with Crippen molar-refractivity contribution >= 4 is 27.3 Å². The van der Waals surface area contributed by atoms with Crippen molar-refractivity contribution in [1.82, 2.24) is 0 Å². The van der Waals surface area contributed by atoms with Gasteiger partial charge in [0.15, 0.2) is 6.10 Å². The molecule has 2 aliphatic heterocycles. The van der Waals surface area contributed by atoms with E-state index in [-0.39, 0.29) is 17.3 Å². The largest absolute Gasteiger partial charge is 0.476 e. The molecule has 0 spiro atoms. The van der Waals surface area contributed by atoms with Crippen LogP contribution in [-0.2, 0) is 21.2 Å². The molecule has 0 aliphatic carbocycles. The van der Waals surface area contributed by atoms with Crippen molar-refractivity contribution in [1.29, 1.82) is 0 Å². The lowest BCUT2D eigenvalue weighted by atomic mass is 10.1. The molecule has 0 saturated heterocycles. The number of sulfonamides is 1. The van der Waals surface area contributed by atoms with Gasteiger partial charge in [-0.15, -0.1) is 0 Å². The van der Waals surface area contributed by atoms with Gasteiger partial charge in [-0.25, -0.2) is 8.42 Å². The molecule has 0 bridgehead atoms. The highest BCUT2D eigenvalue weighted by Gasteiger charge is 2.40. The molecule has 0 radical (unpaired) electrons. The summed E-state index contributed by atoms with van der Waals surface area (Å²) in [5.74, 6) is 0.150. The lowest BCUT2D eigenvalue weighted by Crippen LogP contribution is -2.51. The predicted molar refractivity (Wildman–Crippen MR) is 114 cm³/mol. The molecular weight excluding hydrogens is 400 g/mol. The van der Waals surface area contributed by atoms with E-state index in [1.54, 1.807) is 59.5 Å². The molecule has 0 N–H and O–H groups in total. The van der Waals surface area contributed by atoms with E-state index in [1.165, 1.54) is 4.31 Å². The second-order valence-electron chi connectivity index (χ2n) is 7.29. The van der Waals surface area contributed by atoms with Crippen molar-refractivity contribution in [2.75, 3.05) is 22.3 Å². The van der Waals surface area contributed by atoms with Gasteiger partial charge in [-0.3, -0.25) is 9.10 Å². The number of benzene rings is 3. The third kappa shape index (κ3) is 3.02. The van der Waals surface area contributed by atoms with Crippen molar-refractivity contribution in [3.8, 4) is 5.75 Å². The SMILES string of the molecule is O=C([C@@H]1CN(S(=O)(=O)c2ccccc2)c2ccccc2O1)N1CCc2ccccc21. The molecule has 0 unspecified atom stereocenters. The quantitative estimate of drug-likeness (QED) is 0.653. The molecule has 3 aromatic rings. The molecule has 2 aliphatic rings. The summed E-state index contributed by atoms with van der Waals surface area (Å²) in [5.41, 5.74) is 2.41. The first kappa shape index (κ1) is 18.7. The van der Waals surface area contributed by atoms with Gasteiger partial charge in [0.25, 0.3) is 15.9 Å². The summed E-state index contributed by atoms with van der Waals surface area (Å²) >= 11 is 0. The van der Waals surface area contributed by atoms with Gasteiger partial charge in [-0.2, -0.15) is 0 Å². The van der Waals surface area contributed by atoms with Crippen molar-refractivity contribution in [2.24, 2.45) is 0 Å². The van der Waals surface area contributed by atoms with E-state index in [1.807, 2.05) is 24.3 Å². The average Bonchev–Trinajstić information content (AvgIpc) is 3.22. The standard InChI is InChI=1S/C23H20N2O4S/c26-23(24-15-14-17-8-4-5-11-19(17)24)22-16-25(20-12-6-7-13-21(20)29-22)30(27,28)18-9-2-1-3-10-18/h1-13,22H,14-16H2/t22-/m0/s1. The van der Waals surface area contributed by atoms with Crippen LogP contribution in [0.5, 0.6) is 5.75 Å². The van der Waals surface area contributed by atoms with Gasteiger partial charge in [0.05, 0.1) is 17.1 Å². The Kier molecular flexibility index (Phi) is 4.47. The second kappa shape index (κ2) is 7.18. The first-order valence-corrected chi connectivity index (χ1v) is 11.2. The maximum atomic E-state index is 13.4. The lowest BCUT2D eigenvalue weighted by molar-refractivity contribution is -0.125. The van der Waals surface area contributed by atoms with Crippen LogP contribution in [0, 0.1) is 0 Å². The summed E-state index contributed by atoms with van der Waals surface area (Å²) in [7, 11) is -3.84. The molecule has 0 aromatic heterocycles. The van der Waals surface area contributed by atoms with E-state index in [9.17, 15) is 13.2 Å². The highest BCUT2D eigenvalue weighted by molar-refractivity contribution is 7.92. The zero-order valence-electron chi connectivity index (χ0n) is 16.1. The van der Waals surface area contributed by atoms with E-state index in [2.05, 4.69) is 0 Å². The predicted octanol–water partition coefficient (Wildman–Crippen LogP) is 3.23. The summed E-state index contributed by atoms with van der Waals surface area (Å²) in [6, 6.07) is 22.9. The van der Waals surface area contributed by atoms with Gasteiger partial charge in [0.1, 0.15) is 5.75 Å². The Bertz CT molecular complexity index is 1210. The zero-order chi connectivity index (χ0) is 20.7. The molecule has 5 rings (SSSR count). The number of ether oxygens (including phenoxy) is 1. The van der Waals surface area contributed by atoms with Crippen LogP contribution in [0.25, 0.3) is 0 Å². The van der Waals surface area contributed by atoms with Crippen LogP contribution < -0.4 is 13.9 Å². The molecule has 7 heteroatoms. The first-order chi connectivity index (χ1) is 14.6. The number of hydrogen-bond acceptors (Lipinski definition) is 4. The van der Waals surface area contributed by atoms with Crippen LogP contribution in [0.4, 0.5) is 11.4 Å².